The van der Waals surface area contributed by atoms with Crippen molar-refractivity contribution in [1.82, 2.24) is 0 Å². The van der Waals surface area contributed by atoms with Gasteiger partial charge in [-0.2, -0.15) is 11.3 Å². The average Bonchev–Trinajstić information content (AvgIpc) is 3.19. The van der Waals surface area contributed by atoms with Gasteiger partial charge in [0.05, 0.1) is 45.0 Å². The van der Waals surface area contributed by atoms with Gasteiger partial charge in [0.2, 0.25) is 0 Å². The summed E-state index contributed by atoms with van der Waals surface area (Å²) in [6, 6.07) is 6.40. The number of benzene rings is 1. The molecule has 2 aliphatic heterocycles. The van der Waals surface area contributed by atoms with E-state index in [-0.39, 0.29) is 6.54 Å². The third kappa shape index (κ3) is 4.31. The first-order valence-electron chi connectivity index (χ1n) is 10.1. The zero-order valence-corrected chi connectivity index (χ0v) is 17.6. The Labute approximate surface area is 174 Å². The zero-order valence-electron chi connectivity index (χ0n) is 16.8. The van der Waals surface area contributed by atoms with Crippen LogP contribution in [0.4, 0.5) is 19.3 Å². The maximum Gasteiger partial charge on any atom is 0.414 e. The smallest absolute Gasteiger partial charge is 0.414 e. The van der Waals surface area contributed by atoms with Crippen LogP contribution in [-0.2, 0) is 11.3 Å². The Balaban J connectivity index is 1.42. The van der Waals surface area contributed by atoms with Gasteiger partial charge in [-0.1, -0.05) is 0 Å². The van der Waals surface area contributed by atoms with E-state index in [4.69, 9.17) is 4.74 Å². The van der Waals surface area contributed by atoms with Crippen molar-refractivity contribution >= 4 is 23.1 Å². The van der Waals surface area contributed by atoms with Crippen molar-refractivity contribution in [1.29, 1.82) is 0 Å². The summed E-state index contributed by atoms with van der Waals surface area (Å²) >= 11 is 1.46. The van der Waals surface area contributed by atoms with Crippen LogP contribution in [0, 0.1) is 17.6 Å². The number of piperidine rings is 1. The highest BCUT2D eigenvalue weighted by atomic mass is 32.1. The van der Waals surface area contributed by atoms with Gasteiger partial charge in [-0.15, -0.1) is 0 Å². The summed E-state index contributed by atoms with van der Waals surface area (Å²) in [7, 11) is 4.61. The predicted octanol–water partition coefficient (Wildman–Crippen LogP) is 5.19. The molecule has 3 heterocycles. The van der Waals surface area contributed by atoms with Gasteiger partial charge >= 0.3 is 6.09 Å². The second-order valence-electron chi connectivity index (χ2n) is 8.77. The van der Waals surface area contributed by atoms with Crippen LogP contribution in [0.5, 0.6) is 0 Å². The molecule has 2 aliphatic rings. The van der Waals surface area contributed by atoms with Crippen LogP contribution in [0.3, 0.4) is 0 Å². The number of ether oxygens (including phenoxy) is 1. The molecule has 0 saturated carbocycles. The van der Waals surface area contributed by atoms with E-state index < -0.39 is 17.7 Å². The van der Waals surface area contributed by atoms with Crippen LogP contribution in [-0.4, -0.2) is 43.4 Å². The highest BCUT2D eigenvalue weighted by Gasteiger charge is 2.49. The summed E-state index contributed by atoms with van der Waals surface area (Å²) in [5.41, 5.74) is 1.06. The van der Waals surface area contributed by atoms with Crippen molar-refractivity contribution in [3.05, 3.63) is 52.2 Å². The van der Waals surface area contributed by atoms with Gasteiger partial charge in [0, 0.05) is 43.0 Å². The molecule has 1 aromatic carbocycles. The quantitative estimate of drug-likeness (QED) is 0.622. The molecule has 0 radical (unpaired) electrons. The maximum absolute atomic E-state index is 13.6. The van der Waals surface area contributed by atoms with E-state index in [1.807, 2.05) is 16.8 Å². The number of quaternary nitrogens is 1. The van der Waals surface area contributed by atoms with E-state index in [1.165, 1.54) is 41.2 Å². The first kappa shape index (κ1) is 20.3. The molecule has 0 N–H and O–H groups in total. The van der Waals surface area contributed by atoms with Crippen LogP contribution in [0.2, 0.25) is 0 Å². The van der Waals surface area contributed by atoms with Gasteiger partial charge in [-0.3, -0.25) is 4.90 Å². The molecule has 0 spiro atoms. The fourth-order valence-electron chi connectivity index (χ4n) is 4.95. The lowest BCUT2D eigenvalue weighted by molar-refractivity contribution is -0.931. The third-order valence-corrected chi connectivity index (χ3v) is 7.34. The molecule has 1 unspecified atom stereocenters. The van der Waals surface area contributed by atoms with E-state index in [9.17, 15) is 13.6 Å². The number of amides is 1. The zero-order chi connectivity index (χ0) is 20.6. The molecular weight excluding hydrogens is 394 g/mol. The molecule has 2 aromatic rings. The monoisotopic (exact) mass is 421 g/mol. The largest absolute Gasteiger partial charge is 0.449 e. The van der Waals surface area contributed by atoms with Crippen LogP contribution in [0.25, 0.3) is 0 Å². The van der Waals surface area contributed by atoms with Crippen molar-refractivity contribution in [2.75, 3.05) is 25.6 Å². The number of nitrogens with zero attached hydrogens (tertiary/aromatic N) is 2. The number of thiophene rings is 1. The van der Waals surface area contributed by atoms with Crippen LogP contribution in [0.15, 0.2) is 35.0 Å². The second-order valence-corrected chi connectivity index (χ2v) is 9.55. The first-order valence-corrected chi connectivity index (χ1v) is 11.0. The maximum atomic E-state index is 13.6. The number of carbonyl (C=O) groups is 1. The normalized spacial score (nSPS) is 25.0. The summed E-state index contributed by atoms with van der Waals surface area (Å²) in [5.74, 6) is -0.937. The minimum absolute atomic E-state index is 0.0596. The minimum atomic E-state index is -0.656. The molecule has 2 fully saturated rings. The van der Waals surface area contributed by atoms with E-state index in [0.29, 0.717) is 35.9 Å². The molecule has 3 atom stereocenters. The van der Waals surface area contributed by atoms with E-state index >= 15 is 0 Å². The number of fused-ring (bicyclic) bond motifs is 2. The number of anilines is 1. The molecule has 7 heteroatoms. The summed E-state index contributed by atoms with van der Waals surface area (Å²) in [6.07, 6.45) is 4.16. The first-order chi connectivity index (χ1) is 13.8. The molecule has 2 bridgehead atoms. The summed E-state index contributed by atoms with van der Waals surface area (Å²) in [6.45, 7) is 0.452. The van der Waals surface area contributed by atoms with Crippen LogP contribution >= 0.6 is 11.3 Å². The highest BCUT2D eigenvalue weighted by Crippen LogP contribution is 2.42. The topological polar surface area (TPSA) is 29.5 Å². The lowest BCUT2D eigenvalue weighted by Gasteiger charge is -2.44. The van der Waals surface area contributed by atoms with E-state index in [2.05, 4.69) is 14.1 Å². The molecule has 4 rings (SSSR count). The Hall–Kier alpha value is -1.99. The Kier molecular flexibility index (Phi) is 5.62. The van der Waals surface area contributed by atoms with Crippen molar-refractivity contribution in [2.45, 2.75) is 44.3 Å². The Morgan fingerprint density at radius 3 is 2.41 bits per heavy atom. The molecule has 4 nitrogen and oxygen atoms in total. The SMILES string of the molecule is C[N+]1(C)[C@@H]2CC[C@H]1CC(COC(=O)N(Cc1cc(F)cc(F)c1)c1ccsc1)C2. The number of halogens is 2. The second kappa shape index (κ2) is 8.03. The van der Waals surface area contributed by atoms with E-state index in [1.54, 1.807) is 0 Å². The van der Waals surface area contributed by atoms with Crippen molar-refractivity contribution < 1.29 is 22.8 Å². The number of rotatable bonds is 5. The summed E-state index contributed by atoms with van der Waals surface area (Å²) < 4.78 is 33.9. The van der Waals surface area contributed by atoms with Gasteiger partial charge in [-0.05, 0) is 29.1 Å². The number of carbonyl (C=O) groups excluding carboxylic acids is 1. The molecule has 2 saturated heterocycles. The Bertz CT molecular complexity index is 835. The molecule has 29 heavy (non-hydrogen) atoms. The molecule has 0 aliphatic carbocycles. The van der Waals surface area contributed by atoms with Crippen LogP contribution < -0.4 is 4.90 Å². The Morgan fingerprint density at radius 1 is 1.17 bits per heavy atom. The predicted molar refractivity (Wildman–Crippen MR) is 110 cm³/mol. The molecule has 156 valence electrons. The third-order valence-electron chi connectivity index (χ3n) is 6.67. The number of hydrogen-bond acceptors (Lipinski definition) is 3. The fraction of sp³-hybridized carbons (Fsp3) is 0.500. The molecular formula is C22H27F2N2O2S+. The summed E-state index contributed by atoms with van der Waals surface area (Å²) in [4.78, 5) is 14.3. The Morgan fingerprint density at radius 2 is 1.83 bits per heavy atom. The highest BCUT2D eigenvalue weighted by molar-refractivity contribution is 7.08. The van der Waals surface area contributed by atoms with Crippen molar-refractivity contribution in [3.8, 4) is 0 Å². The average molecular weight is 422 g/mol. The van der Waals surface area contributed by atoms with Gasteiger partial charge in [-0.25, -0.2) is 13.6 Å². The minimum Gasteiger partial charge on any atom is -0.449 e. The summed E-state index contributed by atoms with van der Waals surface area (Å²) in [5, 5.41) is 3.69. The standard InChI is InChI=1S/C22H27F2N2O2S/c1-26(2)20-3-4-21(26)10-16(9-20)13-28-22(27)25(19-5-6-29-14-19)12-15-7-17(23)11-18(24)8-15/h5-8,11,14,16,20-21H,3-4,9-10,12-13H2,1-2H3/q+1/t16?,20-,21+. The van der Waals surface area contributed by atoms with E-state index in [0.717, 1.165) is 23.4 Å². The van der Waals surface area contributed by atoms with Gasteiger partial charge in [0.1, 0.15) is 11.6 Å². The van der Waals surface area contributed by atoms with Gasteiger partial charge in [0.15, 0.2) is 0 Å². The molecule has 1 amide bonds. The molecule has 1 aromatic heterocycles. The van der Waals surface area contributed by atoms with Crippen molar-refractivity contribution in [3.63, 3.8) is 0 Å². The number of hydrogen-bond donors (Lipinski definition) is 0. The lowest BCUT2D eigenvalue weighted by atomic mass is 9.90. The van der Waals surface area contributed by atoms with Crippen LogP contribution in [0.1, 0.15) is 31.2 Å². The van der Waals surface area contributed by atoms with Gasteiger partial charge < -0.3 is 9.22 Å². The lowest BCUT2D eigenvalue weighted by Crippen LogP contribution is -2.55. The fourth-order valence-corrected chi connectivity index (χ4v) is 5.60. The van der Waals surface area contributed by atoms with Gasteiger partial charge in [0.25, 0.3) is 0 Å². The van der Waals surface area contributed by atoms with Crippen molar-refractivity contribution in [2.24, 2.45) is 5.92 Å².